The molecular formula is C20H22N4O3. The second-order valence-electron chi connectivity index (χ2n) is 6.80. The molecule has 3 amide bonds. The molecule has 1 aromatic heterocycles. The summed E-state index contributed by atoms with van der Waals surface area (Å²) in [5.74, 6) is -1.22. The molecule has 0 unspecified atom stereocenters. The molecule has 2 aromatic rings. The fourth-order valence-electron chi connectivity index (χ4n) is 3.14. The Morgan fingerprint density at radius 1 is 1.26 bits per heavy atom. The van der Waals surface area contributed by atoms with Crippen LogP contribution < -0.4 is 5.32 Å². The molecule has 0 aliphatic carbocycles. The third kappa shape index (κ3) is 3.97. The van der Waals surface area contributed by atoms with Crippen molar-refractivity contribution >= 4 is 23.8 Å². The summed E-state index contributed by atoms with van der Waals surface area (Å²) in [7, 11) is 0. The first-order valence-electron chi connectivity index (χ1n) is 8.79. The Bertz CT molecular complexity index is 913. The SMILES string of the molecule is CC(=O)N1CC(=O)N/C(=C\c2ncn(Cc3ccccc3)c2C(C)C)C1=O. The van der Waals surface area contributed by atoms with Gasteiger partial charge in [0.15, 0.2) is 0 Å². The monoisotopic (exact) mass is 366 g/mol. The van der Waals surface area contributed by atoms with Crippen LogP contribution in [0.15, 0.2) is 42.4 Å². The zero-order valence-electron chi connectivity index (χ0n) is 15.6. The van der Waals surface area contributed by atoms with E-state index >= 15 is 0 Å². The van der Waals surface area contributed by atoms with Gasteiger partial charge in [-0.05, 0) is 17.6 Å². The van der Waals surface area contributed by atoms with Gasteiger partial charge in [0.05, 0.1) is 12.0 Å². The summed E-state index contributed by atoms with van der Waals surface area (Å²) in [4.78, 5) is 41.3. The molecule has 7 nitrogen and oxygen atoms in total. The number of carbonyl (C=O) groups excluding carboxylic acids is 3. The van der Waals surface area contributed by atoms with E-state index < -0.39 is 17.7 Å². The van der Waals surface area contributed by atoms with Crippen molar-refractivity contribution in [3.8, 4) is 0 Å². The first kappa shape index (κ1) is 18.6. The highest BCUT2D eigenvalue weighted by atomic mass is 16.2. The lowest BCUT2D eigenvalue weighted by Gasteiger charge is -2.25. The summed E-state index contributed by atoms with van der Waals surface area (Å²) in [5.41, 5.74) is 2.76. The minimum absolute atomic E-state index is 0.0633. The van der Waals surface area contributed by atoms with Crippen molar-refractivity contribution < 1.29 is 14.4 Å². The number of rotatable bonds is 4. The van der Waals surface area contributed by atoms with Gasteiger partial charge in [-0.1, -0.05) is 44.2 Å². The maximum Gasteiger partial charge on any atom is 0.277 e. The number of imidazole rings is 1. The predicted octanol–water partition coefficient (Wildman–Crippen LogP) is 1.90. The molecule has 7 heteroatoms. The molecule has 2 heterocycles. The number of aromatic nitrogens is 2. The number of benzene rings is 1. The van der Waals surface area contributed by atoms with Crippen LogP contribution >= 0.6 is 0 Å². The van der Waals surface area contributed by atoms with Crippen LogP contribution in [-0.4, -0.2) is 38.7 Å². The fraction of sp³-hybridized carbons (Fsp3) is 0.300. The highest BCUT2D eigenvalue weighted by Crippen LogP contribution is 2.23. The molecule has 1 fully saturated rings. The number of hydrogen-bond donors (Lipinski definition) is 1. The molecule has 1 N–H and O–H groups in total. The van der Waals surface area contributed by atoms with Crippen LogP contribution in [0.4, 0.5) is 0 Å². The van der Waals surface area contributed by atoms with Gasteiger partial charge >= 0.3 is 0 Å². The van der Waals surface area contributed by atoms with E-state index in [0.717, 1.165) is 16.2 Å². The van der Waals surface area contributed by atoms with E-state index in [2.05, 4.69) is 10.3 Å². The topological polar surface area (TPSA) is 84.3 Å². The number of hydrogen-bond acceptors (Lipinski definition) is 4. The molecular weight excluding hydrogens is 344 g/mol. The smallest absolute Gasteiger partial charge is 0.277 e. The van der Waals surface area contributed by atoms with Crippen molar-refractivity contribution in [2.75, 3.05) is 6.54 Å². The number of carbonyl (C=O) groups is 3. The fourth-order valence-corrected chi connectivity index (χ4v) is 3.14. The van der Waals surface area contributed by atoms with Gasteiger partial charge in [-0.15, -0.1) is 0 Å². The summed E-state index contributed by atoms with van der Waals surface area (Å²) in [6.45, 7) is 5.75. The predicted molar refractivity (Wildman–Crippen MR) is 100 cm³/mol. The average Bonchev–Trinajstić information content (AvgIpc) is 3.01. The van der Waals surface area contributed by atoms with Gasteiger partial charge in [0.1, 0.15) is 12.2 Å². The van der Waals surface area contributed by atoms with Gasteiger partial charge in [-0.25, -0.2) is 4.98 Å². The normalized spacial score (nSPS) is 16.1. The van der Waals surface area contributed by atoms with Gasteiger partial charge in [-0.3, -0.25) is 19.3 Å². The maximum absolute atomic E-state index is 12.5. The third-order valence-electron chi connectivity index (χ3n) is 4.36. The van der Waals surface area contributed by atoms with E-state index in [1.54, 1.807) is 12.4 Å². The number of imide groups is 1. The van der Waals surface area contributed by atoms with Crippen LogP contribution in [-0.2, 0) is 20.9 Å². The molecule has 3 rings (SSSR count). The Labute approximate surface area is 157 Å². The van der Waals surface area contributed by atoms with Gasteiger partial charge in [-0.2, -0.15) is 0 Å². The standard InChI is InChI=1S/C20H22N4O3/c1-13(2)19-16(21-12-23(19)10-15-7-5-4-6-8-15)9-17-20(27)24(14(3)25)11-18(26)22-17/h4-9,12-13H,10-11H2,1-3H3,(H,22,26)/b17-9-. The highest BCUT2D eigenvalue weighted by Gasteiger charge is 2.31. The van der Waals surface area contributed by atoms with Crippen LogP contribution in [0, 0.1) is 0 Å². The zero-order valence-corrected chi connectivity index (χ0v) is 15.6. The van der Waals surface area contributed by atoms with Crippen LogP contribution in [0.3, 0.4) is 0 Å². The van der Waals surface area contributed by atoms with Gasteiger partial charge in [0.2, 0.25) is 11.8 Å². The number of piperazine rings is 1. The van der Waals surface area contributed by atoms with Crippen LogP contribution in [0.5, 0.6) is 0 Å². The minimum atomic E-state index is -0.519. The largest absolute Gasteiger partial charge is 0.329 e. The van der Waals surface area contributed by atoms with Crippen molar-refractivity contribution in [3.63, 3.8) is 0 Å². The maximum atomic E-state index is 12.5. The lowest BCUT2D eigenvalue weighted by Crippen LogP contribution is -2.51. The summed E-state index contributed by atoms with van der Waals surface area (Å²) < 4.78 is 2.03. The Morgan fingerprint density at radius 2 is 1.96 bits per heavy atom. The third-order valence-corrected chi connectivity index (χ3v) is 4.36. The van der Waals surface area contributed by atoms with E-state index in [-0.39, 0.29) is 18.2 Å². The minimum Gasteiger partial charge on any atom is -0.329 e. The lowest BCUT2D eigenvalue weighted by molar-refractivity contribution is -0.147. The van der Waals surface area contributed by atoms with Gasteiger partial charge in [0, 0.05) is 19.2 Å². The average molecular weight is 366 g/mol. The lowest BCUT2D eigenvalue weighted by atomic mass is 10.1. The number of nitrogens with zero attached hydrogens (tertiary/aromatic N) is 3. The summed E-state index contributed by atoms with van der Waals surface area (Å²) >= 11 is 0. The van der Waals surface area contributed by atoms with Crippen molar-refractivity contribution in [2.45, 2.75) is 33.2 Å². The van der Waals surface area contributed by atoms with Crippen LogP contribution in [0.2, 0.25) is 0 Å². The Kier molecular flexibility index (Phi) is 5.21. The molecule has 0 saturated carbocycles. The van der Waals surface area contributed by atoms with Crippen molar-refractivity contribution in [3.05, 3.63) is 59.3 Å². The van der Waals surface area contributed by atoms with E-state index in [1.807, 2.05) is 48.7 Å². The molecule has 1 aliphatic heterocycles. The van der Waals surface area contributed by atoms with Crippen LogP contribution in [0.25, 0.3) is 6.08 Å². The first-order valence-corrected chi connectivity index (χ1v) is 8.79. The molecule has 1 aromatic carbocycles. The van der Waals surface area contributed by atoms with E-state index in [4.69, 9.17) is 0 Å². The van der Waals surface area contributed by atoms with E-state index in [9.17, 15) is 14.4 Å². The molecule has 1 aliphatic rings. The van der Waals surface area contributed by atoms with E-state index in [1.165, 1.54) is 6.92 Å². The Hall–Kier alpha value is -3.22. The van der Waals surface area contributed by atoms with E-state index in [0.29, 0.717) is 12.2 Å². The molecule has 0 atom stereocenters. The quantitative estimate of drug-likeness (QED) is 0.838. The molecule has 0 bridgehead atoms. The summed E-state index contributed by atoms with van der Waals surface area (Å²) in [6.07, 6.45) is 3.28. The van der Waals surface area contributed by atoms with Crippen molar-refractivity contribution in [1.29, 1.82) is 0 Å². The molecule has 1 saturated heterocycles. The summed E-state index contributed by atoms with van der Waals surface area (Å²) in [5, 5.41) is 2.55. The Balaban J connectivity index is 1.96. The Morgan fingerprint density at radius 3 is 2.59 bits per heavy atom. The number of nitrogens with one attached hydrogen (secondary N) is 1. The zero-order chi connectivity index (χ0) is 19.6. The number of amides is 3. The molecule has 140 valence electrons. The molecule has 0 spiro atoms. The highest BCUT2D eigenvalue weighted by molar-refractivity contribution is 6.12. The van der Waals surface area contributed by atoms with Crippen molar-refractivity contribution in [1.82, 2.24) is 19.8 Å². The van der Waals surface area contributed by atoms with Crippen LogP contribution in [0.1, 0.15) is 43.6 Å². The van der Waals surface area contributed by atoms with Gasteiger partial charge < -0.3 is 9.88 Å². The second kappa shape index (κ2) is 7.57. The second-order valence-corrected chi connectivity index (χ2v) is 6.80. The summed E-state index contributed by atoms with van der Waals surface area (Å²) in [6, 6.07) is 10.0. The first-order chi connectivity index (χ1) is 12.9. The van der Waals surface area contributed by atoms with Crippen molar-refractivity contribution in [2.24, 2.45) is 0 Å². The molecule has 27 heavy (non-hydrogen) atoms. The van der Waals surface area contributed by atoms with Gasteiger partial charge in [0.25, 0.3) is 5.91 Å². The molecule has 0 radical (unpaired) electrons.